The molecule has 2 aromatic rings. The number of carboxylic acids is 1. The zero-order valence-electron chi connectivity index (χ0n) is 14.9. The van der Waals surface area contributed by atoms with Crippen LogP contribution in [0.5, 0.6) is 0 Å². The summed E-state index contributed by atoms with van der Waals surface area (Å²) in [4.78, 5) is 26.2. The zero-order chi connectivity index (χ0) is 18.3. The lowest BCUT2D eigenvalue weighted by Gasteiger charge is -2.41. The fraction of sp³-hybridized carbons (Fsp3) is 0.474. The molecule has 3 heterocycles. The second kappa shape index (κ2) is 6.43. The lowest BCUT2D eigenvalue weighted by molar-refractivity contribution is -0.155. The fourth-order valence-corrected chi connectivity index (χ4v) is 3.79. The maximum atomic E-state index is 12.7. The zero-order valence-corrected chi connectivity index (χ0v) is 14.9. The summed E-state index contributed by atoms with van der Waals surface area (Å²) in [6, 6.07) is 4.53. The second-order valence-corrected chi connectivity index (χ2v) is 6.72. The Kier molecular flexibility index (Phi) is 4.45. The van der Waals surface area contributed by atoms with Crippen molar-refractivity contribution in [2.24, 2.45) is 5.92 Å². The first-order valence-electron chi connectivity index (χ1n) is 8.46. The summed E-state index contributed by atoms with van der Waals surface area (Å²) in [5.41, 5.74) is 0.894. The highest BCUT2D eigenvalue weighted by atomic mass is 16.4. The molecule has 0 aromatic carbocycles. The Bertz CT molecular complexity index is 803. The van der Waals surface area contributed by atoms with E-state index in [-0.39, 0.29) is 18.4 Å². The standard InChI is InChI=1S/C19H23NO5/c1-10-5-7-16(25-10)18-14(19(22)23)6-8-17(21)20(18)12(3)15-9-11(2)24-13(15)4/h5,7,9,12,14,18H,6,8H2,1-4H3,(H,22,23). The van der Waals surface area contributed by atoms with Gasteiger partial charge in [0.05, 0.1) is 12.0 Å². The normalized spacial score (nSPS) is 22.2. The Labute approximate surface area is 146 Å². The van der Waals surface area contributed by atoms with Crippen molar-refractivity contribution in [1.29, 1.82) is 0 Å². The third-order valence-electron chi connectivity index (χ3n) is 4.95. The van der Waals surface area contributed by atoms with E-state index in [1.165, 1.54) is 0 Å². The number of amides is 1. The van der Waals surface area contributed by atoms with Gasteiger partial charge in [0.1, 0.15) is 29.1 Å². The number of furan rings is 2. The molecule has 1 amide bonds. The smallest absolute Gasteiger partial charge is 0.309 e. The van der Waals surface area contributed by atoms with Crippen molar-refractivity contribution in [3.8, 4) is 0 Å². The van der Waals surface area contributed by atoms with Crippen molar-refractivity contribution in [3.05, 3.63) is 46.8 Å². The summed E-state index contributed by atoms with van der Waals surface area (Å²) >= 11 is 0. The molecule has 1 aliphatic rings. The van der Waals surface area contributed by atoms with Crippen LogP contribution in [0.25, 0.3) is 0 Å². The van der Waals surface area contributed by atoms with E-state index < -0.39 is 17.9 Å². The minimum Gasteiger partial charge on any atom is -0.481 e. The highest BCUT2D eigenvalue weighted by Gasteiger charge is 2.45. The minimum absolute atomic E-state index is 0.0673. The molecule has 0 spiro atoms. The highest BCUT2D eigenvalue weighted by Crippen LogP contribution is 2.43. The molecule has 0 aliphatic carbocycles. The van der Waals surface area contributed by atoms with Crippen molar-refractivity contribution in [2.45, 2.75) is 52.6 Å². The number of rotatable bonds is 4. The molecule has 0 radical (unpaired) electrons. The van der Waals surface area contributed by atoms with E-state index in [0.717, 1.165) is 17.1 Å². The maximum Gasteiger partial charge on any atom is 0.309 e. The van der Waals surface area contributed by atoms with E-state index >= 15 is 0 Å². The second-order valence-electron chi connectivity index (χ2n) is 6.72. The van der Waals surface area contributed by atoms with Crippen molar-refractivity contribution in [3.63, 3.8) is 0 Å². The quantitative estimate of drug-likeness (QED) is 0.908. The average Bonchev–Trinajstić information content (AvgIpc) is 3.11. The van der Waals surface area contributed by atoms with E-state index in [2.05, 4.69) is 0 Å². The molecule has 1 saturated heterocycles. The number of likely N-dealkylation sites (tertiary alicyclic amines) is 1. The molecular weight excluding hydrogens is 322 g/mol. The van der Waals surface area contributed by atoms with Gasteiger partial charge in [0, 0.05) is 12.0 Å². The van der Waals surface area contributed by atoms with Crippen molar-refractivity contribution in [2.75, 3.05) is 0 Å². The van der Waals surface area contributed by atoms with Crippen LogP contribution in [0.15, 0.2) is 27.0 Å². The predicted octanol–water partition coefficient (Wildman–Crippen LogP) is 3.92. The molecule has 1 aliphatic heterocycles. The van der Waals surface area contributed by atoms with Gasteiger partial charge in [-0.1, -0.05) is 0 Å². The first-order valence-corrected chi connectivity index (χ1v) is 8.46. The molecule has 3 rings (SSSR count). The van der Waals surface area contributed by atoms with Crippen LogP contribution in [0.4, 0.5) is 0 Å². The van der Waals surface area contributed by atoms with E-state index in [0.29, 0.717) is 17.9 Å². The number of hydrogen-bond acceptors (Lipinski definition) is 4. The van der Waals surface area contributed by atoms with Crippen LogP contribution in [0.1, 0.15) is 60.5 Å². The monoisotopic (exact) mass is 345 g/mol. The third-order valence-corrected chi connectivity index (χ3v) is 4.95. The van der Waals surface area contributed by atoms with Crippen LogP contribution in [-0.4, -0.2) is 21.9 Å². The molecule has 3 unspecified atom stereocenters. The highest BCUT2D eigenvalue weighted by molar-refractivity contribution is 5.82. The SMILES string of the molecule is Cc1ccc(C2C(C(=O)O)CCC(=O)N2C(C)c2cc(C)oc2C)o1. The van der Waals surface area contributed by atoms with Gasteiger partial charge in [0.2, 0.25) is 5.91 Å². The summed E-state index contributed by atoms with van der Waals surface area (Å²) in [5, 5.41) is 9.69. The van der Waals surface area contributed by atoms with Crippen molar-refractivity contribution >= 4 is 11.9 Å². The largest absolute Gasteiger partial charge is 0.481 e. The molecular formula is C19H23NO5. The van der Waals surface area contributed by atoms with Crippen molar-refractivity contribution < 1.29 is 23.5 Å². The maximum absolute atomic E-state index is 12.7. The van der Waals surface area contributed by atoms with Gasteiger partial charge in [0.25, 0.3) is 0 Å². The molecule has 6 heteroatoms. The number of carbonyl (C=O) groups excluding carboxylic acids is 1. The van der Waals surface area contributed by atoms with Gasteiger partial charge in [-0.05, 0) is 52.3 Å². The fourth-order valence-electron chi connectivity index (χ4n) is 3.79. The van der Waals surface area contributed by atoms with Crippen molar-refractivity contribution in [1.82, 2.24) is 4.90 Å². The average molecular weight is 345 g/mol. The van der Waals surface area contributed by atoms with Crippen LogP contribution in [0.2, 0.25) is 0 Å². The number of nitrogens with zero attached hydrogens (tertiary/aromatic N) is 1. The molecule has 6 nitrogen and oxygen atoms in total. The summed E-state index contributed by atoms with van der Waals surface area (Å²) in [6.45, 7) is 7.42. The first-order chi connectivity index (χ1) is 11.8. The molecule has 1 fully saturated rings. The summed E-state index contributed by atoms with van der Waals surface area (Å²) in [5.74, 6) is 1.04. The molecule has 2 aromatic heterocycles. The molecule has 134 valence electrons. The van der Waals surface area contributed by atoms with E-state index in [4.69, 9.17) is 8.83 Å². The summed E-state index contributed by atoms with van der Waals surface area (Å²) in [7, 11) is 0. The first kappa shape index (κ1) is 17.3. The lowest BCUT2D eigenvalue weighted by atomic mass is 9.85. The van der Waals surface area contributed by atoms with Gasteiger partial charge in [-0.2, -0.15) is 0 Å². The Morgan fingerprint density at radius 3 is 2.48 bits per heavy atom. The van der Waals surface area contributed by atoms with E-state index in [9.17, 15) is 14.7 Å². The van der Waals surface area contributed by atoms with Crippen LogP contribution in [0, 0.1) is 26.7 Å². The van der Waals surface area contributed by atoms with E-state index in [1.54, 1.807) is 24.0 Å². The van der Waals surface area contributed by atoms with Gasteiger partial charge in [-0.25, -0.2) is 0 Å². The Balaban J connectivity index is 2.07. The van der Waals surface area contributed by atoms with Crippen LogP contribution >= 0.6 is 0 Å². The summed E-state index contributed by atoms with van der Waals surface area (Å²) < 4.78 is 11.3. The predicted molar refractivity (Wildman–Crippen MR) is 90.0 cm³/mol. The van der Waals surface area contributed by atoms with Crippen LogP contribution < -0.4 is 0 Å². The molecule has 3 atom stereocenters. The van der Waals surface area contributed by atoms with Gasteiger partial charge < -0.3 is 18.8 Å². The van der Waals surface area contributed by atoms with Gasteiger partial charge >= 0.3 is 5.97 Å². The van der Waals surface area contributed by atoms with Crippen LogP contribution in [-0.2, 0) is 9.59 Å². The number of carboxylic acid groups (broad SMARTS) is 1. The van der Waals surface area contributed by atoms with Gasteiger partial charge in [-0.3, -0.25) is 9.59 Å². The molecule has 1 N–H and O–H groups in total. The molecule has 25 heavy (non-hydrogen) atoms. The van der Waals surface area contributed by atoms with Gasteiger partial charge in [-0.15, -0.1) is 0 Å². The number of piperidine rings is 1. The molecule has 0 bridgehead atoms. The van der Waals surface area contributed by atoms with Gasteiger partial charge in [0.15, 0.2) is 0 Å². The number of hydrogen-bond donors (Lipinski definition) is 1. The molecule has 0 saturated carbocycles. The Hall–Kier alpha value is -2.50. The number of aryl methyl sites for hydroxylation is 3. The van der Waals surface area contributed by atoms with E-state index in [1.807, 2.05) is 26.8 Å². The lowest BCUT2D eigenvalue weighted by Crippen LogP contribution is -2.46. The minimum atomic E-state index is -0.913. The number of carbonyl (C=O) groups is 2. The Morgan fingerprint density at radius 2 is 1.96 bits per heavy atom. The topological polar surface area (TPSA) is 83.9 Å². The number of aliphatic carboxylic acids is 1. The summed E-state index contributed by atoms with van der Waals surface area (Å²) in [6.07, 6.45) is 0.526. The van der Waals surface area contributed by atoms with Crippen LogP contribution in [0.3, 0.4) is 0 Å². The Morgan fingerprint density at radius 1 is 1.24 bits per heavy atom. The third kappa shape index (κ3) is 3.08.